The van der Waals surface area contributed by atoms with Crippen molar-refractivity contribution in [2.24, 2.45) is 0 Å². The van der Waals surface area contributed by atoms with E-state index in [2.05, 4.69) is 22.5 Å². The highest BCUT2D eigenvalue weighted by Crippen LogP contribution is 2.21. The zero-order valence-corrected chi connectivity index (χ0v) is 15.4. The number of aromatic nitrogens is 2. The summed E-state index contributed by atoms with van der Waals surface area (Å²) in [5.74, 6) is -0.118. The van der Waals surface area contributed by atoms with Crippen LogP contribution in [0.3, 0.4) is 0 Å². The molecule has 25 heavy (non-hydrogen) atoms. The molecule has 5 heteroatoms. The molecule has 0 spiro atoms. The van der Waals surface area contributed by atoms with E-state index in [1.807, 2.05) is 67.2 Å². The van der Waals surface area contributed by atoms with Gasteiger partial charge < -0.3 is 5.32 Å². The van der Waals surface area contributed by atoms with Crippen LogP contribution < -0.4 is 5.32 Å². The fourth-order valence-electron chi connectivity index (χ4n) is 2.83. The van der Waals surface area contributed by atoms with E-state index in [0.717, 1.165) is 27.5 Å². The standard InChI is InChI=1S/C20H21N3OS/c1-14-19(20(24)21-17-10-7-11-18(12-17)25-3)15(2)23(22-14)13-16-8-5-4-6-9-16/h4-12H,13H2,1-3H3,(H,21,24). The van der Waals surface area contributed by atoms with Gasteiger partial charge in [-0.3, -0.25) is 9.48 Å². The van der Waals surface area contributed by atoms with Gasteiger partial charge in [-0.2, -0.15) is 5.10 Å². The fourth-order valence-corrected chi connectivity index (χ4v) is 3.29. The van der Waals surface area contributed by atoms with Gasteiger partial charge in [0.25, 0.3) is 5.91 Å². The lowest BCUT2D eigenvalue weighted by Gasteiger charge is -2.08. The Morgan fingerprint density at radius 1 is 1.12 bits per heavy atom. The van der Waals surface area contributed by atoms with Gasteiger partial charge in [-0.05, 0) is 43.9 Å². The van der Waals surface area contributed by atoms with E-state index in [1.165, 1.54) is 0 Å². The molecule has 3 rings (SSSR count). The third kappa shape index (κ3) is 3.94. The molecule has 0 unspecified atom stereocenters. The number of hydrogen-bond donors (Lipinski definition) is 1. The molecule has 0 aliphatic rings. The molecule has 0 radical (unpaired) electrons. The Kier molecular flexibility index (Phi) is 5.24. The third-order valence-corrected chi connectivity index (χ3v) is 4.84. The molecular weight excluding hydrogens is 330 g/mol. The number of nitrogens with one attached hydrogen (secondary N) is 1. The lowest BCUT2D eigenvalue weighted by molar-refractivity contribution is 0.102. The van der Waals surface area contributed by atoms with Crippen molar-refractivity contribution in [2.45, 2.75) is 25.3 Å². The first-order valence-corrected chi connectivity index (χ1v) is 9.34. The molecule has 0 aliphatic heterocycles. The summed E-state index contributed by atoms with van der Waals surface area (Å²) in [6.07, 6.45) is 2.02. The summed E-state index contributed by atoms with van der Waals surface area (Å²) in [6.45, 7) is 4.47. The number of carbonyl (C=O) groups is 1. The molecule has 0 bridgehead atoms. The number of amides is 1. The molecule has 2 aromatic carbocycles. The van der Waals surface area contributed by atoms with Gasteiger partial charge in [-0.1, -0.05) is 36.4 Å². The molecular formula is C20H21N3OS. The van der Waals surface area contributed by atoms with Gasteiger partial charge in [0.15, 0.2) is 0 Å². The normalized spacial score (nSPS) is 10.7. The maximum Gasteiger partial charge on any atom is 0.259 e. The number of carbonyl (C=O) groups excluding carboxylic acids is 1. The van der Waals surface area contributed by atoms with E-state index in [9.17, 15) is 4.79 Å². The predicted octanol–water partition coefficient (Wildman–Crippen LogP) is 4.52. The summed E-state index contributed by atoms with van der Waals surface area (Å²) in [7, 11) is 0. The van der Waals surface area contributed by atoms with Crippen LogP contribution >= 0.6 is 11.8 Å². The van der Waals surface area contributed by atoms with Crippen molar-refractivity contribution in [3.8, 4) is 0 Å². The van der Waals surface area contributed by atoms with Crippen LogP contribution in [0.15, 0.2) is 59.5 Å². The Bertz CT molecular complexity index is 887. The monoisotopic (exact) mass is 351 g/mol. The van der Waals surface area contributed by atoms with Crippen LogP contribution in [0.2, 0.25) is 0 Å². The van der Waals surface area contributed by atoms with Crippen LogP contribution in [-0.2, 0) is 6.54 Å². The van der Waals surface area contributed by atoms with Crippen molar-refractivity contribution in [1.82, 2.24) is 9.78 Å². The first-order chi connectivity index (χ1) is 12.1. The molecule has 0 saturated heterocycles. The summed E-state index contributed by atoms with van der Waals surface area (Å²) in [5, 5.41) is 7.54. The number of rotatable bonds is 5. The van der Waals surface area contributed by atoms with Gasteiger partial charge in [0.05, 0.1) is 17.8 Å². The van der Waals surface area contributed by atoms with E-state index >= 15 is 0 Å². The quantitative estimate of drug-likeness (QED) is 0.687. The van der Waals surface area contributed by atoms with Crippen LogP contribution in [0.1, 0.15) is 27.3 Å². The molecule has 0 saturated carbocycles. The third-order valence-electron chi connectivity index (χ3n) is 4.11. The predicted molar refractivity (Wildman–Crippen MR) is 103 cm³/mol. The van der Waals surface area contributed by atoms with E-state index in [4.69, 9.17) is 0 Å². The van der Waals surface area contributed by atoms with Crippen molar-refractivity contribution >= 4 is 23.4 Å². The molecule has 1 amide bonds. The van der Waals surface area contributed by atoms with Gasteiger partial charge in [0.2, 0.25) is 0 Å². The van der Waals surface area contributed by atoms with Crippen LogP contribution in [-0.4, -0.2) is 21.9 Å². The summed E-state index contributed by atoms with van der Waals surface area (Å²) < 4.78 is 1.89. The van der Waals surface area contributed by atoms with E-state index in [1.54, 1.807) is 11.8 Å². The van der Waals surface area contributed by atoms with Gasteiger partial charge >= 0.3 is 0 Å². The first kappa shape index (κ1) is 17.3. The molecule has 0 aliphatic carbocycles. The van der Waals surface area contributed by atoms with E-state index in [-0.39, 0.29) is 5.91 Å². The largest absolute Gasteiger partial charge is 0.322 e. The van der Waals surface area contributed by atoms with E-state index in [0.29, 0.717) is 12.1 Å². The van der Waals surface area contributed by atoms with Gasteiger partial charge in [-0.25, -0.2) is 0 Å². The Balaban J connectivity index is 1.83. The second kappa shape index (κ2) is 7.57. The number of hydrogen-bond acceptors (Lipinski definition) is 3. The summed E-state index contributed by atoms with van der Waals surface area (Å²) >= 11 is 1.65. The lowest BCUT2D eigenvalue weighted by atomic mass is 10.1. The SMILES string of the molecule is CSc1cccc(NC(=O)c2c(C)nn(Cc3ccccc3)c2C)c1. The van der Waals surface area contributed by atoms with Crippen LogP contribution in [0, 0.1) is 13.8 Å². The second-order valence-electron chi connectivity index (χ2n) is 5.88. The maximum absolute atomic E-state index is 12.7. The molecule has 128 valence electrons. The first-order valence-electron chi connectivity index (χ1n) is 8.12. The molecule has 1 N–H and O–H groups in total. The summed E-state index contributed by atoms with van der Waals surface area (Å²) in [6, 6.07) is 18.0. The zero-order valence-electron chi connectivity index (χ0n) is 14.6. The zero-order chi connectivity index (χ0) is 17.8. The highest BCUT2D eigenvalue weighted by Gasteiger charge is 2.19. The minimum absolute atomic E-state index is 0.118. The minimum Gasteiger partial charge on any atom is -0.322 e. The molecule has 3 aromatic rings. The van der Waals surface area contributed by atoms with Crippen molar-refractivity contribution in [1.29, 1.82) is 0 Å². The molecule has 4 nitrogen and oxygen atoms in total. The van der Waals surface area contributed by atoms with Crippen molar-refractivity contribution < 1.29 is 4.79 Å². The lowest BCUT2D eigenvalue weighted by Crippen LogP contribution is -2.14. The van der Waals surface area contributed by atoms with Crippen molar-refractivity contribution in [3.05, 3.63) is 77.1 Å². The topological polar surface area (TPSA) is 46.9 Å². The van der Waals surface area contributed by atoms with Gasteiger partial charge in [0.1, 0.15) is 0 Å². The summed E-state index contributed by atoms with van der Waals surface area (Å²) in [4.78, 5) is 13.9. The average molecular weight is 351 g/mol. The smallest absolute Gasteiger partial charge is 0.259 e. The Labute approximate surface area is 152 Å². The van der Waals surface area contributed by atoms with Crippen LogP contribution in [0.5, 0.6) is 0 Å². The Morgan fingerprint density at radius 2 is 1.88 bits per heavy atom. The highest BCUT2D eigenvalue weighted by atomic mass is 32.2. The van der Waals surface area contributed by atoms with E-state index < -0.39 is 0 Å². The Morgan fingerprint density at radius 3 is 2.60 bits per heavy atom. The average Bonchev–Trinajstić information content (AvgIpc) is 2.89. The number of aryl methyl sites for hydroxylation is 1. The molecule has 0 atom stereocenters. The van der Waals surface area contributed by atoms with Crippen LogP contribution in [0.4, 0.5) is 5.69 Å². The van der Waals surface area contributed by atoms with Crippen molar-refractivity contribution in [2.75, 3.05) is 11.6 Å². The fraction of sp³-hybridized carbons (Fsp3) is 0.200. The number of anilines is 1. The number of nitrogens with zero attached hydrogens (tertiary/aromatic N) is 2. The molecule has 0 fully saturated rings. The highest BCUT2D eigenvalue weighted by molar-refractivity contribution is 7.98. The van der Waals surface area contributed by atoms with Crippen LogP contribution in [0.25, 0.3) is 0 Å². The van der Waals surface area contributed by atoms with Gasteiger partial charge in [-0.15, -0.1) is 11.8 Å². The van der Waals surface area contributed by atoms with Crippen molar-refractivity contribution in [3.63, 3.8) is 0 Å². The maximum atomic E-state index is 12.7. The minimum atomic E-state index is -0.118. The second-order valence-corrected chi connectivity index (χ2v) is 6.75. The number of benzene rings is 2. The summed E-state index contributed by atoms with van der Waals surface area (Å²) in [5.41, 5.74) is 4.22. The molecule has 1 aromatic heterocycles. The van der Waals surface area contributed by atoms with Gasteiger partial charge in [0, 0.05) is 16.3 Å². The molecule has 1 heterocycles. The number of thioether (sulfide) groups is 1. The Hall–Kier alpha value is -2.53.